The molecule has 2 amide bonds. The molecule has 8 heteroatoms. The Balaban J connectivity index is 2.15. The second-order valence-electron chi connectivity index (χ2n) is 5.01. The minimum atomic E-state index is -1.04. The Morgan fingerprint density at radius 2 is 1.91 bits per heavy atom. The number of rotatable bonds is 5. The third-order valence-corrected chi connectivity index (χ3v) is 3.46. The highest BCUT2D eigenvalue weighted by Gasteiger charge is 2.34. The van der Waals surface area contributed by atoms with Gasteiger partial charge in [-0.3, -0.25) is 14.4 Å². The van der Waals surface area contributed by atoms with Gasteiger partial charge in [-0.2, -0.15) is 0 Å². The predicted octanol–water partition coefficient (Wildman–Crippen LogP) is 0.559. The number of aliphatic hydroxyl groups is 1. The van der Waals surface area contributed by atoms with Gasteiger partial charge in [-0.25, -0.2) is 9.86 Å². The maximum atomic E-state index is 12.4. The molecule has 0 saturated carbocycles. The average Bonchev–Trinajstić information content (AvgIpc) is 2.80. The van der Waals surface area contributed by atoms with Crippen molar-refractivity contribution >= 4 is 17.8 Å². The Labute approximate surface area is 132 Å². The third-order valence-electron chi connectivity index (χ3n) is 3.46. The van der Waals surface area contributed by atoms with E-state index in [4.69, 9.17) is 9.94 Å². The molecular weight excluding hydrogens is 304 g/mol. The summed E-state index contributed by atoms with van der Waals surface area (Å²) in [7, 11) is 2.77. The number of carbonyl (C=O) groups excluding carboxylic acids is 2. The van der Waals surface area contributed by atoms with E-state index in [-0.39, 0.29) is 24.2 Å². The summed E-state index contributed by atoms with van der Waals surface area (Å²) in [6.45, 7) is 0.0469. The Morgan fingerprint density at radius 1 is 1.30 bits per heavy atom. The summed E-state index contributed by atoms with van der Waals surface area (Å²) >= 11 is 0. The van der Waals surface area contributed by atoms with Gasteiger partial charge in [0.05, 0.1) is 31.3 Å². The number of benzene rings is 1. The number of aliphatic hydroxyl groups excluding tert-OH is 1. The number of carboxylic acids is 1. The number of aromatic carboxylic acids is 1. The zero-order valence-electron chi connectivity index (χ0n) is 12.6. The summed E-state index contributed by atoms with van der Waals surface area (Å²) in [5.74, 6) is -2.86. The molecule has 0 bridgehead atoms. The van der Waals surface area contributed by atoms with E-state index in [0.29, 0.717) is 5.56 Å². The van der Waals surface area contributed by atoms with Crippen molar-refractivity contribution in [2.24, 2.45) is 0 Å². The number of nitrogens with zero attached hydrogens (tertiary/aromatic N) is 2. The van der Waals surface area contributed by atoms with Crippen molar-refractivity contribution in [1.82, 2.24) is 9.96 Å². The number of hydroxylamine groups is 2. The molecule has 122 valence electrons. The number of carboxylic acid groups (broad SMARTS) is 1. The van der Waals surface area contributed by atoms with Crippen LogP contribution in [-0.4, -0.2) is 58.7 Å². The fourth-order valence-corrected chi connectivity index (χ4v) is 2.15. The van der Waals surface area contributed by atoms with Crippen molar-refractivity contribution in [3.8, 4) is 0 Å². The van der Waals surface area contributed by atoms with Gasteiger partial charge in [0.25, 0.3) is 11.8 Å². The first-order valence-electron chi connectivity index (χ1n) is 6.71. The number of likely N-dealkylation sites (N-methyl/N-ethyl adjacent to an activating group) is 1. The van der Waals surface area contributed by atoms with Gasteiger partial charge in [0.1, 0.15) is 0 Å². The standard InChI is InChI=1S/C15H16N2O6/c1-16-8-11(12(18)14(16)20)13(19)17(23-2)7-9-3-5-10(6-4-9)15(21)22/h3-6,18H,7-8H2,1-2H3,(H,21,22). The molecule has 23 heavy (non-hydrogen) atoms. The van der Waals surface area contributed by atoms with Crippen LogP contribution in [0.15, 0.2) is 35.6 Å². The molecule has 0 aromatic heterocycles. The molecule has 1 aliphatic heterocycles. The van der Waals surface area contributed by atoms with E-state index in [1.54, 1.807) is 12.1 Å². The first-order chi connectivity index (χ1) is 10.8. The second kappa shape index (κ2) is 6.49. The van der Waals surface area contributed by atoms with Crippen molar-refractivity contribution in [2.75, 3.05) is 20.7 Å². The molecule has 1 aromatic rings. The van der Waals surface area contributed by atoms with E-state index in [0.717, 1.165) is 5.06 Å². The topological polar surface area (TPSA) is 107 Å². The summed E-state index contributed by atoms with van der Waals surface area (Å²) in [5, 5.41) is 19.6. The van der Waals surface area contributed by atoms with Crippen molar-refractivity contribution in [3.63, 3.8) is 0 Å². The van der Waals surface area contributed by atoms with Crippen LogP contribution in [-0.2, 0) is 21.0 Å². The van der Waals surface area contributed by atoms with Crippen LogP contribution in [0.25, 0.3) is 0 Å². The lowest BCUT2D eigenvalue weighted by Crippen LogP contribution is -2.32. The molecule has 2 rings (SSSR count). The molecule has 1 aromatic carbocycles. The molecule has 0 atom stereocenters. The molecule has 0 aliphatic carbocycles. The zero-order valence-corrected chi connectivity index (χ0v) is 12.6. The number of hydrogen-bond acceptors (Lipinski definition) is 5. The SMILES string of the molecule is CON(Cc1ccc(C(=O)O)cc1)C(=O)C1=C(O)C(=O)N(C)C1. The smallest absolute Gasteiger partial charge is 0.335 e. The number of amides is 2. The fraction of sp³-hybridized carbons (Fsp3) is 0.267. The molecule has 0 saturated heterocycles. The highest BCUT2D eigenvalue weighted by Crippen LogP contribution is 2.19. The summed E-state index contributed by atoms with van der Waals surface area (Å²) in [5.41, 5.74) is 0.733. The van der Waals surface area contributed by atoms with Gasteiger partial charge >= 0.3 is 5.97 Å². The van der Waals surface area contributed by atoms with Gasteiger partial charge in [0.2, 0.25) is 0 Å². The van der Waals surface area contributed by atoms with Gasteiger partial charge < -0.3 is 15.1 Å². The monoisotopic (exact) mass is 320 g/mol. The molecule has 0 unspecified atom stereocenters. The van der Waals surface area contributed by atoms with E-state index in [1.807, 2.05) is 0 Å². The molecule has 0 spiro atoms. The summed E-state index contributed by atoms with van der Waals surface area (Å²) < 4.78 is 0. The van der Waals surface area contributed by atoms with Gasteiger partial charge in [0.15, 0.2) is 5.76 Å². The van der Waals surface area contributed by atoms with Crippen molar-refractivity contribution in [1.29, 1.82) is 0 Å². The van der Waals surface area contributed by atoms with Crippen LogP contribution in [0.5, 0.6) is 0 Å². The highest BCUT2D eigenvalue weighted by atomic mass is 16.7. The van der Waals surface area contributed by atoms with Crippen LogP contribution >= 0.6 is 0 Å². The fourth-order valence-electron chi connectivity index (χ4n) is 2.15. The van der Waals surface area contributed by atoms with E-state index in [1.165, 1.54) is 31.2 Å². The lowest BCUT2D eigenvalue weighted by molar-refractivity contribution is -0.174. The minimum Gasteiger partial charge on any atom is -0.503 e. The van der Waals surface area contributed by atoms with Gasteiger partial charge in [-0.05, 0) is 17.7 Å². The quantitative estimate of drug-likeness (QED) is 0.768. The van der Waals surface area contributed by atoms with Crippen LogP contribution < -0.4 is 0 Å². The van der Waals surface area contributed by atoms with E-state index < -0.39 is 23.5 Å². The number of carbonyl (C=O) groups is 3. The van der Waals surface area contributed by atoms with Crippen molar-refractivity contribution < 1.29 is 29.4 Å². The van der Waals surface area contributed by atoms with Gasteiger partial charge in [-0.1, -0.05) is 12.1 Å². The van der Waals surface area contributed by atoms with Crippen LogP contribution in [0.3, 0.4) is 0 Å². The van der Waals surface area contributed by atoms with Crippen LogP contribution in [0, 0.1) is 0 Å². The van der Waals surface area contributed by atoms with Crippen LogP contribution in [0.1, 0.15) is 15.9 Å². The lowest BCUT2D eigenvalue weighted by Gasteiger charge is -2.20. The van der Waals surface area contributed by atoms with Crippen molar-refractivity contribution in [2.45, 2.75) is 6.54 Å². The molecule has 1 aliphatic rings. The van der Waals surface area contributed by atoms with Crippen LogP contribution in [0.2, 0.25) is 0 Å². The first kappa shape index (κ1) is 16.5. The normalized spacial score (nSPS) is 14.3. The zero-order chi connectivity index (χ0) is 17.1. The minimum absolute atomic E-state index is 0.00130. The summed E-state index contributed by atoms with van der Waals surface area (Å²) in [6, 6.07) is 5.95. The van der Waals surface area contributed by atoms with Gasteiger partial charge in [0, 0.05) is 7.05 Å². The Hall–Kier alpha value is -2.87. The molecule has 1 heterocycles. The molecule has 0 radical (unpaired) electrons. The largest absolute Gasteiger partial charge is 0.503 e. The Kier molecular flexibility index (Phi) is 4.65. The summed E-state index contributed by atoms with van der Waals surface area (Å²) in [6.07, 6.45) is 0. The predicted molar refractivity (Wildman–Crippen MR) is 78.3 cm³/mol. The Morgan fingerprint density at radius 3 is 2.35 bits per heavy atom. The molecule has 8 nitrogen and oxygen atoms in total. The van der Waals surface area contributed by atoms with Crippen molar-refractivity contribution in [3.05, 3.63) is 46.7 Å². The molecule has 2 N–H and O–H groups in total. The van der Waals surface area contributed by atoms with E-state index >= 15 is 0 Å². The summed E-state index contributed by atoms with van der Waals surface area (Å²) in [4.78, 5) is 41.0. The molecular formula is C15H16N2O6. The van der Waals surface area contributed by atoms with Crippen LogP contribution in [0.4, 0.5) is 0 Å². The molecule has 0 fully saturated rings. The highest BCUT2D eigenvalue weighted by molar-refractivity contribution is 6.06. The maximum Gasteiger partial charge on any atom is 0.335 e. The lowest BCUT2D eigenvalue weighted by atomic mass is 10.1. The van der Waals surface area contributed by atoms with Gasteiger partial charge in [-0.15, -0.1) is 0 Å². The maximum absolute atomic E-state index is 12.4. The number of hydrogen-bond donors (Lipinski definition) is 2. The third kappa shape index (κ3) is 3.32. The Bertz CT molecular complexity index is 680. The van der Waals surface area contributed by atoms with E-state index in [9.17, 15) is 19.5 Å². The second-order valence-corrected chi connectivity index (χ2v) is 5.01. The average molecular weight is 320 g/mol. The first-order valence-corrected chi connectivity index (χ1v) is 6.71. The van der Waals surface area contributed by atoms with E-state index in [2.05, 4.69) is 0 Å².